The summed E-state index contributed by atoms with van der Waals surface area (Å²) in [5, 5.41) is 9.61. The molecule has 19 heavy (non-hydrogen) atoms. The van der Waals surface area contributed by atoms with Gasteiger partial charge in [0.1, 0.15) is 0 Å². The first-order valence-electron chi connectivity index (χ1n) is 5.87. The van der Waals surface area contributed by atoms with Crippen molar-refractivity contribution in [3.8, 4) is 0 Å². The molecule has 0 unspecified atom stereocenters. The Morgan fingerprint density at radius 2 is 2.16 bits per heavy atom. The van der Waals surface area contributed by atoms with E-state index in [0.29, 0.717) is 5.56 Å². The van der Waals surface area contributed by atoms with Crippen molar-refractivity contribution in [1.82, 2.24) is 0 Å². The predicted octanol–water partition coefficient (Wildman–Crippen LogP) is 2.93. The molecule has 0 aliphatic rings. The third-order valence-corrected chi connectivity index (χ3v) is 3.38. The molecule has 0 spiro atoms. The molecule has 1 aromatic carbocycles. The van der Waals surface area contributed by atoms with E-state index in [1.54, 1.807) is 6.92 Å². The number of carbonyl (C=O) groups is 1. The molecular formula is C13H15F2IO3. The van der Waals surface area contributed by atoms with Gasteiger partial charge in [0.15, 0.2) is 11.6 Å². The van der Waals surface area contributed by atoms with Crippen LogP contribution in [0, 0.1) is 11.6 Å². The number of hydrogen-bond acceptors (Lipinski definition) is 3. The summed E-state index contributed by atoms with van der Waals surface area (Å²) < 4.78 is 31.9. The van der Waals surface area contributed by atoms with Crippen molar-refractivity contribution < 1.29 is 23.4 Å². The topological polar surface area (TPSA) is 46.5 Å². The zero-order valence-electron chi connectivity index (χ0n) is 10.5. The average molecular weight is 384 g/mol. The fraction of sp³-hybridized carbons (Fsp3) is 0.462. The van der Waals surface area contributed by atoms with Crippen LogP contribution in [0.5, 0.6) is 0 Å². The number of aliphatic hydroxyl groups is 1. The Hall–Kier alpha value is -0.760. The highest BCUT2D eigenvalue weighted by Crippen LogP contribution is 2.23. The second-order valence-corrected chi connectivity index (χ2v) is 4.84. The Bertz CT molecular complexity index is 452. The van der Waals surface area contributed by atoms with Crippen LogP contribution in [0.1, 0.15) is 30.6 Å². The van der Waals surface area contributed by atoms with Crippen molar-refractivity contribution in [3.63, 3.8) is 0 Å². The summed E-state index contributed by atoms with van der Waals surface area (Å²) in [7, 11) is 0. The zero-order valence-corrected chi connectivity index (χ0v) is 12.6. The maximum atomic E-state index is 13.5. The monoisotopic (exact) mass is 384 g/mol. The van der Waals surface area contributed by atoms with Gasteiger partial charge in [-0.2, -0.15) is 0 Å². The van der Waals surface area contributed by atoms with E-state index in [-0.39, 0.29) is 35.4 Å². The second-order valence-electron chi connectivity index (χ2n) is 3.96. The average Bonchev–Trinajstić information content (AvgIpc) is 2.39. The minimum atomic E-state index is -1.06. The fourth-order valence-corrected chi connectivity index (χ4v) is 2.09. The van der Waals surface area contributed by atoms with Crippen LogP contribution in [0.4, 0.5) is 8.78 Å². The van der Waals surface area contributed by atoms with E-state index in [4.69, 9.17) is 4.74 Å². The van der Waals surface area contributed by atoms with Gasteiger partial charge in [-0.25, -0.2) is 8.78 Å². The van der Waals surface area contributed by atoms with Gasteiger partial charge in [0.25, 0.3) is 0 Å². The lowest BCUT2D eigenvalue weighted by Gasteiger charge is -2.11. The van der Waals surface area contributed by atoms with E-state index >= 15 is 0 Å². The minimum absolute atomic E-state index is 0.0757. The molecule has 0 bridgehead atoms. The van der Waals surface area contributed by atoms with Crippen LogP contribution in [0.3, 0.4) is 0 Å². The van der Waals surface area contributed by atoms with E-state index in [2.05, 4.69) is 0 Å². The molecular weight excluding hydrogens is 369 g/mol. The highest BCUT2D eigenvalue weighted by molar-refractivity contribution is 14.1. The van der Waals surface area contributed by atoms with Crippen molar-refractivity contribution in [2.24, 2.45) is 0 Å². The van der Waals surface area contributed by atoms with Gasteiger partial charge in [-0.05, 0) is 25.0 Å². The van der Waals surface area contributed by atoms with Gasteiger partial charge in [0, 0.05) is 16.4 Å². The molecule has 0 radical (unpaired) electrons. The molecule has 1 rings (SSSR count). The van der Waals surface area contributed by atoms with Crippen LogP contribution in [0.15, 0.2) is 12.1 Å². The van der Waals surface area contributed by atoms with Gasteiger partial charge in [-0.1, -0.05) is 28.7 Å². The number of halogens is 3. The van der Waals surface area contributed by atoms with Gasteiger partial charge < -0.3 is 9.84 Å². The number of hydrogen-bond donors (Lipinski definition) is 1. The minimum Gasteiger partial charge on any atom is -0.466 e. The van der Waals surface area contributed by atoms with Crippen LogP contribution < -0.4 is 0 Å². The number of benzene rings is 1. The number of rotatable bonds is 6. The molecule has 0 aromatic heterocycles. The smallest absolute Gasteiger partial charge is 0.306 e. The van der Waals surface area contributed by atoms with Crippen molar-refractivity contribution in [2.75, 3.05) is 11.0 Å². The fourth-order valence-electron chi connectivity index (χ4n) is 1.62. The highest BCUT2D eigenvalue weighted by atomic mass is 127. The maximum absolute atomic E-state index is 13.5. The standard InChI is InChI=1S/C13H15F2IO3/c1-2-19-12(18)4-3-8-5-9(11(17)7-16)13(15)10(14)6-8/h5-6,11,17H,2-4,7H2,1H3/t11-/m1/s1. The van der Waals surface area contributed by atoms with Crippen molar-refractivity contribution in [3.05, 3.63) is 34.9 Å². The van der Waals surface area contributed by atoms with Gasteiger partial charge in [0.05, 0.1) is 12.7 Å². The first-order valence-corrected chi connectivity index (χ1v) is 7.39. The lowest BCUT2D eigenvalue weighted by molar-refractivity contribution is -0.143. The van der Waals surface area contributed by atoms with Crippen molar-refractivity contribution >= 4 is 28.6 Å². The van der Waals surface area contributed by atoms with Crippen LogP contribution in [0.2, 0.25) is 0 Å². The van der Waals surface area contributed by atoms with E-state index < -0.39 is 17.7 Å². The largest absolute Gasteiger partial charge is 0.466 e. The maximum Gasteiger partial charge on any atom is 0.306 e. The summed E-state index contributed by atoms with van der Waals surface area (Å²) in [4.78, 5) is 11.2. The Morgan fingerprint density at radius 1 is 1.47 bits per heavy atom. The lowest BCUT2D eigenvalue weighted by atomic mass is 10.0. The zero-order chi connectivity index (χ0) is 14.4. The summed E-state index contributed by atoms with van der Waals surface area (Å²) in [6.07, 6.45) is -0.715. The summed E-state index contributed by atoms with van der Waals surface area (Å²) in [5.41, 5.74) is 0.388. The lowest BCUT2D eigenvalue weighted by Crippen LogP contribution is -2.08. The number of aliphatic hydroxyl groups excluding tert-OH is 1. The number of esters is 1. The molecule has 1 N–H and O–H groups in total. The third kappa shape index (κ3) is 4.68. The first-order chi connectivity index (χ1) is 8.99. The third-order valence-electron chi connectivity index (χ3n) is 2.54. The van der Waals surface area contributed by atoms with E-state index in [1.807, 2.05) is 22.6 Å². The number of alkyl halides is 1. The van der Waals surface area contributed by atoms with Crippen LogP contribution in [-0.2, 0) is 16.0 Å². The molecule has 0 aliphatic carbocycles. The van der Waals surface area contributed by atoms with Crippen molar-refractivity contribution in [2.45, 2.75) is 25.9 Å². The Kier molecular flexibility index (Phi) is 6.64. The normalized spacial score (nSPS) is 12.3. The van der Waals surface area contributed by atoms with Gasteiger partial charge in [-0.15, -0.1) is 0 Å². The van der Waals surface area contributed by atoms with Crippen molar-refractivity contribution in [1.29, 1.82) is 0 Å². The molecule has 0 saturated heterocycles. The van der Waals surface area contributed by atoms with Gasteiger partial charge in [0.2, 0.25) is 0 Å². The second kappa shape index (κ2) is 7.74. The predicted molar refractivity (Wildman–Crippen MR) is 75.2 cm³/mol. The van der Waals surface area contributed by atoms with Crippen LogP contribution in [-0.4, -0.2) is 22.1 Å². The molecule has 3 nitrogen and oxygen atoms in total. The molecule has 0 heterocycles. The Labute approximate surface area is 124 Å². The summed E-state index contributed by atoms with van der Waals surface area (Å²) in [6.45, 7) is 1.99. The Morgan fingerprint density at radius 3 is 2.74 bits per heavy atom. The SMILES string of the molecule is CCOC(=O)CCc1cc(F)c(F)c([C@H](O)CI)c1. The number of carbonyl (C=O) groups excluding carboxylic acids is 1. The first kappa shape index (κ1) is 16.3. The number of ether oxygens (including phenoxy) is 1. The van der Waals surface area contributed by atoms with Gasteiger partial charge in [-0.3, -0.25) is 4.79 Å². The molecule has 0 amide bonds. The summed E-state index contributed by atoms with van der Waals surface area (Å²) >= 11 is 1.89. The van der Waals surface area contributed by atoms with E-state index in [9.17, 15) is 18.7 Å². The molecule has 6 heteroatoms. The Balaban J connectivity index is 2.85. The molecule has 0 fully saturated rings. The van der Waals surface area contributed by atoms with E-state index in [1.165, 1.54) is 6.07 Å². The molecule has 0 saturated carbocycles. The van der Waals surface area contributed by atoms with Crippen LogP contribution in [0.25, 0.3) is 0 Å². The summed E-state index contributed by atoms with van der Waals surface area (Å²) in [5.74, 6) is -2.44. The van der Waals surface area contributed by atoms with Gasteiger partial charge >= 0.3 is 5.97 Å². The van der Waals surface area contributed by atoms with E-state index in [0.717, 1.165) is 6.07 Å². The van der Waals surface area contributed by atoms with Crippen LogP contribution >= 0.6 is 22.6 Å². The molecule has 106 valence electrons. The quantitative estimate of drug-likeness (QED) is 0.466. The number of aryl methyl sites for hydroxylation is 1. The summed E-state index contributed by atoms with van der Waals surface area (Å²) in [6, 6.07) is 2.43. The molecule has 0 aliphatic heterocycles. The highest BCUT2D eigenvalue weighted by Gasteiger charge is 2.17. The molecule has 1 atom stereocenters. The molecule has 1 aromatic rings.